The highest BCUT2D eigenvalue weighted by atomic mass is 32.2. The van der Waals surface area contributed by atoms with Gasteiger partial charge in [-0.15, -0.1) is 0 Å². The van der Waals surface area contributed by atoms with Gasteiger partial charge in [-0.05, 0) is 13.8 Å². The third-order valence-electron chi connectivity index (χ3n) is 2.47. The smallest absolute Gasteiger partial charge is 0.422 e. The Balaban J connectivity index is 4.69. The summed E-state index contributed by atoms with van der Waals surface area (Å²) < 4.78 is 48.7. The summed E-state index contributed by atoms with van der Waals surface area (Å²) in [5.41, 5.74) is -3.38. The van der Waals surface area contributed by atoms with Crippen molar-refractivity contribution < 1.29 is 32.1 Å². The molecular formula is C9H15F3N2O4S. The molecule has 19 heavy (non-hydrogen) atoms. The first-order chi connectivity index (χ1) is 8.41. The van der Waals surface area contributed by atoms with Gasteiger partial charge in [0.2, 0.25) is 5.54 Å². The fourth-order valence-electron chi connectivity index (χ4n) is 0.871. The van der Waals surface area contributed by atoms with E-state index in [-0.39, 0.29) is 6.54 Å². The number of amides is 2. The number of alkyl halides is 3. The lowest BCUT2D eigenvalue weighted by molar-refractivity contribution is -0.203. The Morgan fingerprint density at radius 3 is 2.16 bits per heavy atom. The molecule has 0 aromatic carbocycles. The normalized spacial score (nSPS) is 18.0. The number of nitrogens with one attached hydrogen (secondary N) is 2. The van der Waals surface area contributed by atoms with Crippen molar-refractivity contribution in [1.29, 1.82) is 0 Å². The van der Waals surface area contributed by atoms with Crippen LogP contribution in [-0.4, -0.2) is 51.1 Å². The molecule has 0 spiro atoms. The van der Waals surface area contributed by atoms with Gasteiger partial charge in [-0.2, -0.15) is 13.2 Å². The Labute approximate surface area is 110 Å². The van der Waals surface area contributed by atoms with E-state index in [0.717, 1.165) is 0 Å². The molecule has 0 aliphatic carbocycles. The maximum absolute atomic E-state index is 12.6. The van der Waals surface area contributed by atoms with Crippen molar-refractivity contribution in [3.05, 3.63) is 0 Å². The first-order valence-corrected chi connectivity index (χ1v) is 6.72. The number of hydrogen-bond donors (Lipinski definition) is 3. The summed E-state index contributed by atoms with van der Waals surface area (Å²) in [4.78, 5) is 21.9. The summed E-state index contributed by atoms with van der Waals surface area (Å²) in [6.07, 6.45) is -3.77. The van der Waals surface area contributed by atoms with Crippen LogP contribution in [0.3, 0.4) is 0 Å². The van der Waals surface area contributed by atoms with Gasteiger partial charge in [0.25, 0.3) is 0 Å². The topological polar surface area (TPSA) is 95.5 Å². The lowest BCUT2D eigenvalue weighted by Crippen LogP contribution is -2.63. The van der Waals surface area contributed by atoms with Crippen LogP contribution in [0.15, 0.2) is 0 Å². The second kappa shape index (κ2) is 6.22. The SMILES string of the molecule is CC(CNC(=O)NC(C)(C(=O)O)C(F)(F)F)S(C)=O. The van der Waals surface area contributed by atoms with Crippen molar-refractivity contribution in [3.8, 4) is 0 Å². The molecule has 0 bridgehead atoms. The molecule has 0 saturated heterocycles. The van der Waals surface area contributed by atoms with Crippen molar-refractivity contribution in [2.45, 2.75) is 30.8 Å². The van der Waals surface area contributed by atoms with E-state index in [0.29, 0.717) is 6.92 Å². The molecule has 2 amide bonds. The van der Waals surface area contributed by atoms with Gasteiger partial charge in [-0.1, -0.05) is 0 Å². The van der Waals surface area contributed by atoms with E-state index in [9.17, 15) is 27.0 Å². The number of rotatable bonds is 5. The van der Waals surface area contributed by atoms with Crippen LogP contribution in [0.5, 0.6) is 0 Å². The summed E-state index contributed by atoms with van der Waals surface area (Å²) in [6.45, 7) is 1.73. The zero-order valence-corrected chi connectivity index (χ0v) is 11.3. The minimum Gasteiger partial charge on any atom is -0.479 e. The maximum Gasteiger partial charge on any atom is 0.422 e. The van der Waals surface area contributed by atoms with Crippen LogP contribution in [0.4, 0.5) is 18.0 Å². The van der Waals surface area contributed by atoms with E-state index in [1.54, 1.807) is 0 Å². The van der Waals surface area contributed by atoms with Gasteiger partial charge in [-0.25, -0.2) is 9.59 Å². The molecule has 0 fully saturated rings. The Bertz CT molecular complexity index is 388. The van der Waals surface area contributed by atoms with Crippen molar-refractivity contribution in [1.82, 2.24) is 10.6 Å². The van der Waals surface area contributed by atoms with Crippen LogP contribution in [0.2, 0.25) is 0 Å². The molecule has 10 heteroatoms. The lowest BCUT2D eigenvalue weighted by Gasteiger charge is -2.28. The van der Waals surface area contributed by atoms with Crippen LogP contribution in [0.25, 0.3) is 0 Å². The van der Waals surface area contributed by atoms with Gasteiger partial charge in [0.15, 0.2) is 0 Å². The predicted molar refractivity (Wildman–Crippen MR) is 62.2 cm³/mol. The maximum atomic E-state index is 12.6. The zero-order valence-electron chi connectivity index (χ0n) is 10.5. The average molecular weight is 304 g/mol. The number of halogens is 3. The number of hydrogen-bond acceptors (Lipinski definition) is 3. The van der Waals surface area contributed by atoms with Gasteiger partial charge in [0, 0.05) is 28.9 Å². The Kier molecular flexibility index (Phi) is 5.79. The van der Waals surface area contributed by atoms with E-state index in [1.807, 2.05) is 5.32 Å². The molecule has 6 nitrogen and oxygen atoms in total. The van der Waals surface area contributed by atoms with Gasteiger partial charge in [0.1, 0.15) is 0 Å². The van der Waals surface area contributed by atoms with Crippen molar-refractivity contribution in [3.63, 3.8) is 0 Å². The average Bonchev–Trinajstić information content (AvgIpc) is 2.23. The molecule has 0 radical (unpaired) electrons. The second-order valence-electron chi connectivity index (χ2n) is 4.07. The van der Waals surface area contributed by atoms with E-state index < -0.39 is 39.8 Å². The van der Waals surface area contributed by atoms with Crippen LogP contribution in [0.1, 0.15) is 13.8 Å². The standard InChI is InChI=1S/C9H15F3N2O4S/c1-5(19(3)18)4-13-7(17)14-8(2,6(15)16)9(10,11)12/h5H,4H2,1-3H3,(H,15,16)(H2,13,14,17). The van der Waals surface area contributed by atoms with E-state index in [4.69, 9.17) is 5.11 Å². The van der Waals surface area contributed by atoms with E-state index in [2.05, 4.69) is 0 Å². The van der Waals surface area contributed by atoms with Crippen LogP contribution in [0, 0.1) is 0 Å². The highest BCUT2D eigenvalue weighted by molar-refractivity contribution is 7.84. The Hall–Kier alpha value is -1.32. The molecule has 0 rings (SSSR count). The summed E-state index contributed by atoms with van der Waals surface area (Å²) in [7, 11) is -1.26. The number of carboxylic acid groups (broad SMARTS) is 1. The van der Waals surface area contributed by atoms with E-state index in [1.165, 1.54) is 18.5 Å². The monoisotopic (exact) mass is 304 g/mol. The van der Waals surface area contributed by atoms with Crippen LogP contribution in [-0.2, 0) is 15.6 Å². The molecule has 3 atom stereocenters. The zero-order chi connectivity index (χ0) is 15.4. The highest BCUT2D eigenvalue weighted by Gasteiger charge is 2.58. The molecule has 0 heterocycles. The minimum atomic E-state index is -5.14. The quantitative estimate of drug-likeness (QED) is 0.687. The van der Waals surface area contributed by atoms with Crippen molar-refractivity contribution in [2.75, 3.05) is 12.8 Å². The molecular weight excluding hydrogens is 289 g/mol. The number of carbonyl (C=O) groups excluding carboxylic acids is 1. The molecule has 112 valence electrons. The molecule has 3 unspecified atom stereocenters. The summed E-state index contributed by atoms with van der Waals surface area (Å²) in [6, 6.07) is -1.29. The molecule has 3 N–H and O–H groups in total. The third kappa shape index (κ3) is 4.69. The molecule has 0 aliphatic rings. The van der Waals surface area contributed by atoms with Gasteiger partial charge < -0.3 is 15.7 Å². The van der Waals surface area contributed by atoms with Crippen LogP contribution < -0.4 is 10.6 Å². The Morgan fingerprint density at radius 2 is 1.84 bits per heavy atom. The second-order valence-corrected chi connectivity index (χ2v) is 5.87. The first-order valence-electron chi connectivity index (χ1n) is 5.10. The fourth-order valence-corrected chi connectivity index (χ4v) is 1.19. The van der Waals surface area contributed by atoms with Crippen molar-refractivity contribution >= 4 is 22.8 Å². The first kappa shape index (κ1) is 17.7. The molecule has 0 aromatic rings. The van der Waals surface area contributed by atoms with Gasteiger partial charge in [0.05, 0.1) is 0 Å². The van der Waals surface area contributed by atoms with Gasteiger partial charge >= 0.3 is 18.2 Å². The molecule has 0 saturated carbocycles. The molecule has 0 aromatic heterocycles. The number of urea groups is 1. The molecule has 0 aliphatic heterocycles. The number of aliphatic carboxylic acids is 1. The van der Waals surface area contributed by atoms with Gasteiger partial charge in [-0.3, -0.25) is 4.21 Å². The Morgan fingerprint density at radius 1 is 1.37 bits per heavy atom. The van der Waals surface area contributed by atoms with E-state index >= 15 is 0 Å². The largest absolute Gasteiger partial charge is 0.479 e. The van der Waals surface area contributed by atoms with Crippen LogP contribution >= 0.6 is 0 Å². The fraction of sp³-hybridized carbons (Fsp3) is 0.778. The van der Waals surface area contributed by atoms with Crippen molar-refractivity contribution in [2.24, 2.45) is 0 Å². The number of carboxylic acids is 1. The minimum absolute atomic E-state index is 0.136. The summed E-state index contributed by atoms with van der Waals surface area (Å²) >= 11 is 0. The summed E-state index contributed by atoms with van der Waals surface area (Å²) in [5, 5.41) is 11.5. The highest BCUT2D eigenvalue weighted by Crippen LogP contribution is 2.30. The summed E-state index contributed by atoms with van der Waals surface area (Å²) in [5.74, 6) is -2.22. The third-order valence-corrected chi connectivity index (χ3v) is 3.77. The number of carbonyl (C=O) groups is 2. The lowest BCUT2D eigenvalue weighted by atomic mass is 10.0. The predicted octanol–water partition coefficient (Wildman–Crippen LogP) is 0.458.